The van der Waals surface area contributed by atoms with E-state index in [-0.39, 0.29) is 23.4 Å². The molecule has 1 amide bonds. The number of fused-ring (bicyclic) bond motifs is 2. The molecule has 2 aliphatic rings. The van der Waals surface area contributed by atoms with Gasteiger partial charge in [-0.1, -0.05) is 11.6 Å². The molecule has 3 nitrogen and oxygen atoms in total. The fourth-order valence-electron chi connectivity index (χ4n) is 3.08. The lowest BCUT2D eigenvalue weighted by molar-refractivity contribution is 0.0593. The number of pyridine rings is 1. The van der Waals surface area contributed by atoms with Gasteiger partial charge in [-0.3, -0.25) is 4.79 Å². The summed E-state index contributed by atoms with van der Waals surface area (Å²) >= 11 is 12.0. The minimum atomic E-state index is 0.0164. The number of hydrogen-bond acceptors (Lipinski definition) is 2. The van der Waals surface area contributed by atoms with Crippen molar-refractivity contribution < 1.29 is 4.79 Å². The van der Waals surface area contributed by atoms with Crippen LogP contribution in [0.5, 0.6) is 0 Å². The van der Waals surface area contributed by atoms with Crippen LogP contribution in [0.2, 0.25) is 5.02 Å². The quantitative estimate of drug-likeness (QED) is 0.743. The van der Waals surface area contributed by atoms with Gasteiger partial charge in [-0.25, -0.2) is 4.98 Å². The predicted molar refractivity (Wildman–Crippen MR) is 71.1 cm³/mol. The third kappa shape index (κ3) is 2.10. The molecule has 1 aromatic heterocycles. The molecule has 0 spiro atoms. The van der Waals surface area contributed by atoms with Gasteiger partial charge < -0.3 is 4.90 Å². The number of halogens is 2. The smallest absolute Gasteiger partial charge is 0.272 e. The van der Waals surface area contributed by atoms with E-state index in [1.807, 2.05) is 4.90 Å². The summed E-state index contributed by atoms with van der Waals surface area (Å²) in [5, 5.41) is 0.763. The molecule has 3 rings (SSSR count). The molecule has 5 heteroatoms. The molecule has 3 heterocycles. The zero-order valence-corrected chi connectivity index (χ0v) is 11.4. The summed E-state index contributed by atoms with van der Waals surface area (Å²) in [5.74, 6) is 0.0164. The summed E-state index contributed by atoms with van der Waals surface area (Å²) in [5.41, 5.74) is 0.476. The largest absolute Gasteiger partial charge is 0.331 e. The number of piperidine rings is 1. The van der Waals surface area contributed by atoms with Crippen molar-refractivity contribution in [2.45, 2.75) is 43.1 Å². The standard InChI is InChI=1S/C13H14Cl2N2O/c14-8-1-4-12(16-7-8)13(18)17-10-2-3-11(17)6-9(15)5-10/h1,4,7,9-11H,2-3,5-6H2. The third-order valence-electron chi connectivity index (χ3n) is 3.86. The van der Waals surface area contributed by atoms with Gasteiger partial charge >= 0.3 is 0 Å². The van der Waals surface area contributed by atoms with Crippen LogP contribution < -0.4 is 0 Å². The number of alkyl halides is 1. The Balaban J connectivity index is 1.83. The summed E-state index contributed by atoms with van der Waals surface area (Å²) in [7, 11) is 0. The average Bonchev–Trinajstić information content (AvgIpc) is 2.62. The molecule has 2 unspecified atom stereocenters. The summed E-state index contributed by atoms with van der Waals surface area (Å²) in [6.45, 7) is 0. The normalized spacial score (nSPS) is 30.6. The Morgan fingerprint density at radius 1 is 1.28 bits per heavy atom. The maximum Gasteiger partial charge on any atom is 0.272 e. The Morgan fingerprint density at radius 3 is 2.50 bits per heavy atom. The van der Waals surface area contributed by atoms with Gasteiger partial charge in [0.2, 0.25) is 0 Å². The fraction of sp³-hybridized carbons (Fsp3) is 0.538. The van der Waals surface area contributed by atoms with Crippen LogP contribution in [0, 0.1) is 0 Å². The van der Waals surface area contributed by atoms with E-state index in [1.54, 1.807) is 12.1 Å². The van der Waals surface area contributed by atoms with Crippen LogP contribution in [0.25, 0.3) is 0 Å². The van der Waals surface area contributed by atoms with Crippen molar-refractivity contribution in [2.75, 3.05) is 0 Å². The van der Waals surface area contributed by atoms with Crippen LogP contribution in [-0.4, -0.2) is 33.3 Å². The molecule has 0 aromatic carbocycles. The van der Waals surface area contributed by atoms with Crippen LogP contribution in [0.1, 0.15) is 36.2 Å². The zero-order chi connectivity index (χ0) is 12.7. The molecule has 1 aromatic rings. The number of amides is 1. The van der Waals surface area contributed by atoms with Crippen molar-refractivity contribution in [2.24, 2.45) is 0 Å². The van der Waals surface area contributed by atoms with Gasteiger partial charge in [0.05, 0.1) is 5.02 Å². The first-order valence-electron chi connectivity index (χ1n) is 6.23. The van der Waals surface area contributed by atoms with Gasteiger partial charge in [0.25, 0.3) is 5.91 Å². The molecule has 0 saturated carbocycles. The van der Waals surface area contributed by atoms with Crippen LogP contribution in [-0.2, 0) is 0 Å². The van der Waals surface area contributed by atoms with Crippen LogP contribution >= 0.6 is 23.2 Å². The van der Waals surface area contributed by atoms with Crippen LogP contribution in [0.3, 0.4) is 0 Å². The van der Waals surface area contributed by atoms with E-state index in [0.29, 0.717) is 10.7 Å². The predicted octanol–water partition coefficient (Wildman–Crippen LogP) is 3.11. The second-order valence-electron chi connectivity index (χ2n) is 5.03. The van der Waals surface area contributed by atoms with Crippen molar-refractivity contribution in [3.8, 4) is 0 Å². The van der Waals surface area contributed by atoms with Crippen LogP contribution in [0.4, 0.5) is 0 Å². The Hall–Kier alpha value is -0.800. The second kappa shape index (κ2) is 4.71. The maximum absolute atomic E-state index is 12.5. The molecular formula is C13H14Cl2N2O. The summed E-state index contributed by atoms with van der Waals surface area (Å²) in [6, 6.07) is 3.97. The van der Waals surface area contributed by atoms with Crippen molar-refractivity contribution in [1.29, 1.82) is 0 Å². The Kier molecular flexibility index (Phi) is 3.20. The number of carbonyl (C=O) groups is 1. The first kappa shape index (κ1) is 12.2. The minimum absolute atomic E-state index is 0.0164. The summed E-state index contributed by atoms with van der Waals surface area (Å²) < 4.78 is 0. The molecule has 0 aliphatic carbocycles. The van der Waals surface area contributed by atoms with Crippen molar-refractivity contribution in [3.63, 3.8) is 0 Å². The second-order valence-corrected chi connectivity index (χ2v) is 6.08. The van der Waals surface area contributed by atoms with Crippen LogP contribution in [0.15, 0.2) is 18.3 Å². The van der Waals surface area contributed by atoms with E-state index in [1.165, 1.54) is 6.20 Å². The van der Waals surface area contributed by atoms with E-state index in [0.717, 1.165) is 25.7 Å². The third-order valence-corrected chi connectivity index (χ3v) is 4.44. The molecule has 2 aliphatic heterocycles. The van der Waals surface area contributed by atoms with Gasteiger partial charge in [-0.2, -0.15) is 0 Å². The van der Waals surface area contributed by atoms with Gasteiger partial charge in [0.1, 0.15) is 5.69 Å². The lowest BCUT2D eigenvalue weighted by Crippen LogP contribution is -2.47. The minimum Gasteiger partial charge on any atom is -0.331 e. The van der Waals surface area contributed by atoms with Gasteiger partial charge in [-0.05, 0) is 37.8 Å². The molecule has 2 saturated heterocycles. The number of carbonyl (C=O) groups excluding carboxylic acids is 1. The first-order valence-corrected chi connectivity index (χ1v) is 7.05. The summed E-state index contributed by atoms with van der Waals surface area (Å²) in [4.78, 5) is 18.6. The van der Waals surface area contributed by atoms with Gasteiger partial charge in [0.15, 0.2) is 0 Å². The number of nitrogens with zero attached hydrogens (tertiary/aromatic N) is 2. The van der Waals surface area contributed by atoms with Crippen molar-refractivity contribution >= 4 is 29.1 Å². The Morgan fingerprint density at radius 2 is 1.94 bits per heavy atom. The molecular weight excluding hydrogens is 271 g/mol. The zero-order valence-electron chi connectivity index (χ0n) is 9.85. The Bertz CT molecular complexity index is 449. The number of rotatable bonds is 1. The van der Waals surface area contributed by atoms with Gasteiger partial charge in [-0.15, -0.1) is 11.6 Å². The van der Waals surface area contributed by atoms with Crippen molar-refractivity contribution in [1.82, 2.24) is 9.88 Å². The first-order chi connectivity index (χ1) is 8.65. The lowest BCUT2D eigenvalue weighted by atomic mass is 10.0. The van der Waals surface area contributed by atoms with E-state index < -0.39 is 0 Å². The monoisotopic (exact) mass is 284 g/mol. The molecule has 0 radical (unpaired) electrons. The fourth-order valence-corrected chi connectivity index (χ4v) is 3.60. The highest BCUT2D eigenvalue weighted by Crippen LogP contribution is 2.38. The van der Waals surface area contributed by atoms with E-state index in [4.69, 9.17) is 23.2 Å². The molecule has 2 atom stereocenters. The number of aromatic nitrogens is 1. The average molecular weight is 285 g/mol. The highest BCUT2D eigenvalue weighted by molar-refractivity contribution is 6.30. The molecule has 18 heavy (non-hydrogen) atoms. The molecule has 96 valence electrons. The van der Waals surface area contributed by atoms with E-state index >= 15 is 0 Å². The van der Waals surface area contributed by atoms with E-state index in [2.05, 4.69) is 4.98 Å². The molecule has 2 bridgehead atoms. The van der Waals surface area contributed by atoms with E-state index in [9.17, 15) is 4.79 Å². The molecule has 0 N–H and O–H groups in total. The number of hydrogen-bond donors (Lipinski definition) is 0. The highest BCUT2D eigenvalue weighted by atomic mass is 35.5. The van der Waals surface area contributed by atoms with Crippen molar-refractivity contribution in [3.05, 3.63) is 29.0 Å². The summed E-state index contributed by atoms with van der Waals surface area (Å²) in [6.07, 6.45) is 5.44. The highest BCUT2D eigenvalue weighted by Gasteiger charge is 2.43. The maximum atomic E-state index is 12.5. The molecule has 2 fully saturated rings. The topological polar surface area (TPSA) is 33.2 Å². The Labute approximate surface area is 116 Å². The van der Waals surface area contributed by atoms with Gasteiger partial charge in [0, 0.05) is 23.7 Å². The lowest BCUT2D eigenvalue weighted by Gasteiger charge is -2.36. The SMILES string of the molecule is O=C(c1ccc(Cl)cn1)N1C2CCC1CC(Cl)C2.